The van der Waals surface area contributed by atoms with Crippen molar-refractivity contribution in [2.45, 2.75) is 19.8 Å². The van der Waals surface area contributed by atoms with Crippen molar-refractivity contribution in [1.82, 2.24) is 4.90 Å². The summed E-state index contributed by atoms with van der Waals surface area (Å²) >= 11 is 5.98. The summed E-state index contributed by atoms with van der Waals surface area (Å²) in [7, 11) is 1.60. The summed E-state index contributed by atoms with van der Waals surface area (Å²) in [4.78, 5) is 23.6. The molecule has 0 aliphatic carbocycles. The molecule has 4 nitrogen and oxygen atoms in total. The molecule has 0 aromatic heterocycles. The summed E-state index contributed by atoms with van der Waals surface area (Å²) in [5, 5.41) is 9.18. The highest BCUT2D eigenvalue weighted by atomic mass is 35.5. The largest absolute Gasteiger partial charge is 0.481 e. The van der Waals surface area contributed by atoms with E-state index >= 15 is 0 Å². The van der Waals surface area contributed by atoms with Gasteiger partial charge in [0.25, 0.3) is 0 Å². The van der Waals surface area contributed by atoms with Gasteiger partial charge in [-0.2, -0.15) is 0 Å². The van der Waals surface area contributed by atoms with Gasteiger partial charge in [-0.1, -0.05) is 23.7 Å². The molecule has 0 fully saturated rings. The van der Waals surface area contributed by atoms with Gasteiger partial charge in [-0.3, -0.25) is 9.59 Å². The first-order valence-electron chi connectivity index (χ1n) is 5.61. The molecule has 0 heterocycles. The monoisotopic (exact) mass is 269 g/mol. The summed E-state index contributed by atoms with van der Waals surface area (Å²) in [6.45, 7) is 2.11. The third-order valence-electron chi connectivity index (χ3n) is 2.68. The van der Waals surface area contributed by atoms with Crippen molar-refractivity contribution in [3.8, 4) is 0 Å². The van der Waals surface area contributed by atoms with Crippen molar-refractivity contribution < 1.29 is 14.7 Å². The van der Waals surface area contributed by atoms with Crippen LogP contribution >= 0.6 is 11.6 Å². The smallest absolute Gasteiger partial charge is 0.305 e. The lowest BCUT2D eigenvalue weighted by molar-refractivity contribution is -0.138. The number of benzene rings is 1. The number of hydrogen-bond donors (Lipinski definition) is 1. The van der Waals surface area contributed by atoms with Crippen LogP contribution in [0, 0.1) is 6.92 Å². The molecule has 1 amide bonds. The van der Waals surface area contributed by atoms with Gasteiger partial charge in [-0.25, -0.2) is 0 Å². The van der Waals surface area contributed by atoms with Crippen molar-refractivity contribution >= 4 is 23.5 Å². The first-order chi connectivity index (χ1) is 8.40. The maximum absolute atomic E-state index is 11.8. The molecule has 5 heteroatoms. The zero-order chi connectivity index (χ0) is 13.7. The van der Waals surface area contributed by atoms with Gasteiger partial charge in [-0.15, -0.1) is 0 Å². The van der Waals surface area contributed by atoms with Gasteiger partial charge in [0, 0.05) is 18.6 Å². The molecule has 0 aliphatic rings. The maximum Gasteiger partial charge on any atom is 0.305 e. The van der Waals surface area contributed by atoms with Crippen LogP contribution in [-0.2, 0) is 16.0 Å². The van der Waals surface area contributed by atoms with Crippen molar-refractivity contribution in [2.75, 3.05) is 13.6 Å². The van der Waals surface area contributed by atoms with Crippen molar-refractivity contribution in [1.29, 1.82) is 0 Å². The summed E-state index contributed by atoms with van der Waals surface area (Å²) in [5.74, 6) is -1.02. The minimum atomic E-state index is -0.909. The number of carbonyl (C=O) groups is 2. The third-order valence-corrected chi connectivity index (χ3v) is 3.09. The van der Waals surface area contributed by atoms with E-state index in [4.69, 9.17) is 16.7 Å². The molecular weight excluding hydrogens is 254 g/mol. The molecule has 0 bridgehead atoms. The Morgan fingerprint density at radius 2 is 2.06 bits per heavy atom. The van der Waals surface area contributed by atoms with Crippen LogP contribution in [0.2, 0.25) is 5.02 Å². The summed E-state index contributed by atoms with van der Waals surface area (Å²) < 4.78 is 0. The van der Waals surface area contributed by atoms with E-state index in [-0.39, 0.29) is 25.3 Å². The van der Waals surface area contributed by atoms with Crippen molar-refractivity contribution in [3.63, 3.8) is 0 Å². The van der Waals surface area contributed by atoms with Crippen LogP contribution in [0.15, 0.2) is 18.2 Å². The lowest BCUT2D eigenvalue weighted by Gasteiger charge is -2.16. The molecule has 0 unspecified atom stereocenters. The second kappa shape index (κ2) is 6.40. The molecule has 98 valence electrons. The maximum atomic E-state index is 11.8. The van der Waals surface area contributed by atoms with Crippen LogP contribution in [-0.4, -0.2) is 35.5 Å². The quantitative estimate of drug-likeness (QED) is 0.891. The van der Waals surface area contributed by atoms with E-state index < -0.39 is 5.97 Å². The Balaban J connectivity index is 2.58. The zero-order valence-electron chi connectivity index (χ0n) is 10.4. The van der Waals surface area contributed by atoms with Crippen molar-refractivity contribution in [3.05, 3.63) is 34.3 Å². The SMILES string of the molecule is Cc1ccc(CC(=O)N(C)CCC(=O)O)cc1Cl. The predicted octanol–water partition coefficient (Wildman–Crippen LogP) is 2.12. The molecule has 0 aliphatic heterocycles. The number of carboxylic acid groups (broad SMARTS) is 1. The number of rotatable bonds is 5. The molecule has 0 spiro atoms. The Bertz CT molecular complexity index is 460. The highest BCUT2D eigenvalue weighted by Crippen LogP contribution is 2.17. The lowest BCUT2D eigenvalue weighted by atomic mass is 10.1. The van der Waals surface area contributed by atoms with Gasteiger partial charge in [-0.05, 0) is 24.1 Å². The highest BCUT2D eigenvalue weighted by molar-refractivity contribution is 6.31. The topological polar surface area (TPSA) is 57.6 Å². The Hall–Kier alpha value is -1.55. The highest BCUT2D eigenvalue weighted by Gasteiger charge is 2.11. The minimum absolute atomic E-state index is 0.0447. The number of aliphatic carboxylic acids is 1. The molecule has 0 saturated carbocycles. The first-order valence-corrected chi connectivity index (χ1v) is 5.98. The number of halogens is 1. The van der Waals surface area contributed by atoms with E-state index in [1.165, 1.54) is 4.90 Å². The van der Waals surface area contributed by atoms with E-state index in [0.717, 1.165) is 11.1 Å². The number of aryl methyl sites for hydroxylation is 1. The van der Waals surface area contributed by atoms with Gasteiger partial charge in [0.15, 0.2) is 0 Å². The average molecular weight is 270 g/mol. The number of nitrogens with zero attached hydrogens (tertiary/aromatic N) is 1. The fraction of sp³-hybridized carbons (Fsp3) is 0.385. The first kappa shape index (κ1) is 14.5. The summed E-state index contributed by atoms with van der Waals surface area (Å²) in [5.41, 5.74) is 1.80. The van der Waals surface area contributed by atoms with Gasteiger partial charge in [0.05, 0.1) is 12.8 Å². The Morgan fingerprint density at radius 1 is 1.39 bits per heavy atom. The zero-order valence-corrected chi connectivity index (χ0v) is 11.2. The molecular formula is C13H16ClNO3. The molecule has 1 N–H and O–H groups in total. The normalized spacial score (nSPS) is 10.2. The van der Waals surface area contributed by atoms with E-state index in [0.29, 0.717) is 5.02 Å². The van der Waals surface area contributed by atoms with Crippen molar-refractivity contribution in [2.24, 2.45) is 0 Å². The molecule has 1 rings (SSSR count). The molecule has 0 saturated heterocycles. The second-order valence-electron chi connectivity index (χ2n) is 4.22. The Kier molecular flexibility index (Phi) is 5.16. The fourth-order valence-electron chi connectivity index (χ4n) is 1.44. The summed E-state index contributed by atoms with van der Waals surface area (Å²) in [6, 6.07) is 5.48. The Morgan fingerprint density at radius 3 is 2.61 bits per heavy atom. The van der Waals surface area contributed by atoms with Gasteiger partial charge < -0.3 is 10.0 Å². The Labute approximate surface area is 111 Å². The van der Waals surface area contributed by atoms with Gasteiger partial charge in [0.1, 0.15) is 0 Å². The minimum Gasteiger partial charge on any atom is -0.481 e. The second-order valence-corrected chi connectivity index (χ2v) is 4.63. The third kappa shape index (κ3) is 4.37. The van der Waals surface area contributed by atoms with E-state index in [1.54, 1.807) is 13.1 Å². The fourth-order valence-corrected chi connectivity index (χ4v) is 1.65. The molecule has 0 radical (unpaired) electrons. The number of carbonyl (C=O) groups excluding carboxylic acids is 1. The molecule has 1 aromatic carbocycles. The van der Waals surface area contributed by atoms with Gasteiger partial charge >= 0.3 is 5.97 Å². The number of carboxylic acids is 1. The van der Waals surface area contributed by atoms with Crippen LogP contribution in [0.25, 0.3) is 0 Å². The van der Waals surface area contributed by atoms with E-state index in [2.05, 4.69) is 0 Å². The van der Waals surface area contributed by atoms with Crippen LogP contribution in [0.1, 0.15) is 17.5 Å². The standard InChI is InChI=1S/C13H16ClNO3/c1-9-3-4-10(7-11(9)14)8-12(16)15(2)6-5-13(17)18/h3-4,7H,5-6,8H2,1-2H3,(H,17,18). The van der Waals surface area contributed by atoms with E-state index in [1.807, 2.05) is 19.1 Å². The summed E-state index contributed by atoms with van der Waals surface area (Å²) in [6.07, 6.45) is 0.188. The lowest BCUT2D eigenvalue weighted by Crippen LogP contribution is -2.30. The number of amides is 1. The van der Waals surface area contributed by atoms with Gasteiger partial charge in [0.2, 0.25) is 5.91 Å². The predicted molar refractivity (Wildman–Crippen MR) is 69.8 cm³/mol. The van der Waals surface area contributed by atoms with Crippen LogP contribution in [0.5, 0.6) is 0 Å². The molecule has 18 heavy (non-hydrogen) atoms. The van der Waals surface area contributed by atoms with E-state index in [9.17, 15) is 9.59 Å². The van der Waals surface area contributed by atoms with Crippen LogP contribution < -0.4 is 0 Å². The number of hydrogen-bond acceptors (Lipinski definition) is 2. The number of likely N-dealkylation sites (N-methyl/N-ethyl adjacent to an activating group) is 1. The molecule has 0 atom stereocenters. The van der Waals surface area contributed by atoms with Crippen LogP contribution in [0.3, 0.4) is 0 Å². The average Bonchev–Trinajstić information content (AvgIpc) is 2.30. The molecule has 1 aromatic rings. The van der Waals surface area contributed by atoms with Crippen LogP contribution in [0.4, 0.5) is 0 Å².